The molecule has 0 amide bonds. The van der Waals surface area contributed by atoms with Crippen LogP contribution in [0.25, 0.3) is 0 Å². The van der Waals surface area contributed by atoms with Crippen LogP contribution in [0.5, 0.6) is 0 Å². The first kappa shape index (κ1) is 14.3. The molecule has 7 heteroatoms. The van der Waals surface area contributed by atoms with Crippen LogP contribution in [-0.4, -0.2) is 21.1 Å². The van der Waals surface area contributed by atoms with Gasteiger partial charge in [0.15, 0.2) is 0 Å². The first-order valence-corrected chi connectivity index (χ1v) is 6.58. The van der Waals surface area contributed by atoms with Crippen molar-refractivity contribution in [3.05, 3.63) is 55.4 Å². The highest BCUT2D eigenvalue weighted by Gasteiger charge is 2.07. The minimum Gasteiger partial charge on any atom is -0.370 e. The number of aromatic amines is 1. The van der Waals surface area contributed by atoms with Crippen molar-refractivity contribution in [2.45, 2.75) is 20.4 Å². The van der Waals surface area contributed by atoms with E-state index in [-0.39, 0.29) is 12.1 Å². The Kier molecular flexibility index (Phi) is 4.24. The van der Waals surface area contributed by atoms with Crippen molar-refractivity contribution in [1.29, 1.82) is 0 Å². The monoisotopic (exact) mass is 294 g/mol. The Labute approximate surface area is 120 Å². The predicted octanol–water partition coefficient (Wildman–Crippen LogP) is 1.37. The average molecular weight is 295 g/mol. The summed E-state index contributed by atoms with van der Waals surface area (Å²) < 4.78 is 1.38. The normalized spacial score (nSPS) is 10.6. The fourth-order valence-electron chi connectivity index (χ4n) is 1.77. The van der Waals surface area contributed by atoms with Crippen LogP contribution in [0.3, 0.4) is 0 Å². The quantitative estimate of drug-likeness (QED) is 0.892. The average Bonchev–Trinajstić information content (AvgIpc) is 2.40. The highest BCUT2D eigenvalue weighted by Crippen LogP contribution is 2.17. The number of anilines is 1. The first-order chi connectivity index (χ1) is 9.51. The van der Waals surface area contributed by atoms with Crippen molar-refractivity contribution in [2.24, 2.45) is 0 Å². The number of rotatable bonds is 4. The van der Waals surface area contributed by atoms with Crippen molar-refractivity contribution in [1.82, 2.24) is 14.5 Å². The lowest BCUT2D eigenvalue weighted by Gasteiger charge is -2.09. The number of hydrogen-bond donors (Lipinski definition) is 2. The van der Waals surface area contributed by atoms with Crippen LogP contribution in [0.15, 0.2) is 27.9 Å². The number of aryl methyl sites for hydroxylation is 1. The molecule has 2 aromatic rings. The van der Waals surface area contributed by atoms with Gasteiger partial charge in [0.25, 0.3) is 5.56 Å². The molecule has 0 fully saturated rings. The molecule has 0 aliphatic rings. The molecule has 2 N–H and O–H groups in total. The summed E-state index contributed by atoms with van der Waals surface area (Å²) in [4.78, 5) is 29.7. The van der Waals surface area contributed by atoms with Crippen LogP contribution in [0.1, 0.15) is 18.2 Å². The Morgan fingerprint density at radius 2 is 2.15 bits per heavy atom. The van der Waals surface area contributed by atoms with Gasteiger partial charge in [-0.2, -0.15) is 0 Å². The van der Waals surface area contributed by atoms with E-state index >= 15 is 0 Å². The molecule has 0 unspecified atom stereocenters. The smallest absolute Gasteiger partial charge is 0.328 e. The number of pyridine rings is 1. The summed E-state index contributed by atoms with van der Waals surface area (Å²) in [7, 11) is 0. The molecule has 0 spiro atoms. The number of nitrogens with zero attached hydrogens (tertiary/aromatic N) is 2. The molecule has 0 aliphatic carbocycles. The molecule has 20 heavy (non-hydrogen) atoms. The minimum atomic E-state index is -0.479. The van der Waals surface area contributed by atoms with E-state index in [9.17, 15) is 9.59 Å². The van der Waals surface area contributed by atoms with Gasteiger partial charge in [-0.1, -0.05) is 11.6 Å². The van der Waals surface area contributed by atoms with Crippen LogP contribution >= 0.6 is 11.6 Å². The van der Waals surface area contributed by atoms with Crippen molar-refractivity contribution in [3.63, 3.8) is 0 Å². The summed E-state index contributed by atoms with van der Waals surface area (Å²) in [5.41, 5.74) is 0.168. The second-order valence-electron chi connectivity index (χ2n) is 4.35. The van der Waals surface area contributed by atoms with Gasteiger partial charge in [0.05, 0.1) is 17.3 Å². The van der Waals surface area contributed by atoms with E-state index < -0.39 is 5.69 Å². The van der Waals surface area contributed by atoms with Gasteiger partial charge in [-0.05, 0) is 26.0 Å². The van der Waals surface area contributed by atoms with Crippen LogP contribution in [0.4, 0.5) is 5.82 Å². The lowest BCUT2D eigenvalue weighted by molar-refractivity contribution is 0.699. The van der Waals surface area contributed by atoms with Crippen LogP contribution in [0, 0.1) is 6.92 Å². The van der Waals surface area contributed by atoms with Crippen molar-refractivity contribution < 1.29 is 0 Å². The molecule has 0 bridgehead atoms. The summed E-state index contributed by atoms with van der Waals surface area (Å²) in [6, 6.07) is 3.50. The molecule has 6 nitrogen and oxygen atoms in total. The predicted molar refractivity (Wildman–Crippen MR) is 78.6 cm³/mol. The molecular weight excluding hydrogens is 280 g/mol. The Hall–Kier alpha value is -2.08. The van der Waals surface area contributed by atoms with Gasteiger partial charge >= 0.3 is 5.69 Å². The highest BCUT2D eigenvalue weighted by atomic mass is 35.5. The van der Waals surface area contributed by atoms with E-state index in [2.05, 4.69) is 15.3 Å². The molecule has 0 aromatic carbocycles. The van der Waals surface area contributed by atoms with Gasteiger partial charge in [0.1, 0.15) is 5.82 Å². The summed E-state index contributed by atoms with van der Waals surface area (Å²) in [5, 5.41) is 3.56. The standard InChI is InChI=1S/C13H15ClN4O2/c1-3-15-11-5-4-9(14)10(16-11)7-18-6-8(2)12(19)17-13(18)20/h4-6H,3,7H2,1-2H3,(H,15,16)(H,17,19,20). The molecule has 0 atom stereocenters. The van der Waals surface area contributed by atoms with E-state index in [0.717, 1.165) is 6.54 Å². The van der Waals surface area contributed by atoms with Crippen molar-refractivity contribution in [3.8, 4) is 0 Å². The molecule has 0 aliphatic heterocycles. The summed E-state index contributed by atoms with van der Waals surface area (Å²) in [6.45, 7) is 4.55. The number of aromatic nitrogens is 3. The van der Waals surface area contributed by atoms with Crippen molar-refractivity contribution in [2.75, 3.05) is 11.9 Å². The molecule has 2 rings (SSSR count). The maximum absolute atomic E-state index is 11.7. The molecular formula is C13H15ClN4O2. The van der Waals surface area contributed by atoms with E-state index in [1.165, 1.54) is 10.8 Å². The number of H-pyrrole nitrogens is 1. The van der Waals surface area contributed by atoms with Crippen LogP contribution < -0.4 is 16.6 Å². The molecule has 2 aromatic heterocycles. The van der Waals surface area contributed by atoms with E-state index in [4.69, 9.17) is 11.6 Å². The fourth-order valence-corrected chi connectivity index (χ4v) is 1.94. The van der Waals surface area contributed by atoms with Gasteiger partial charge in [0, 0.05) is 18.3 Å². The summed E-state index contributed by atoms with van der Waals surface area (Å²) >= 11 is 6.09. The maximum atomic E-state index is 11.7. The lowest BCUT2D eigenvalue weighted by atomic mass is 10.3. The molecule has 106 valence electrons. The van der Waals surface area contributed by atoms with Crippen molar-refractivity contribution >= 4 is 17.4 Å². The highest BCUT2D eigenvalue weighted by molar-refractivity contribution is 6.31. The number of nitrogens with one attached hydrogen (secondary N) is 2. The van der Waals surface area contributed by atoms with Gasteiger partial charge in [-0.25, -0.2) is 9.78 Å². The number of halogens is 1. The third-order valence-corrected chi connectivity index (χ3v) is 3.13. The van der Waals surface area contributed by atoms with Gasteiger partial charge in [0.2, 0.25) is 0 Å². The third-order valence-electron chi connectivity index (χ3n) is 2.79. The molecule has 2 heterocycles. The van der Waals surface area contributed by atoms with Crippen LogP contribution in [0.2, 0.25) is 5.02 Å². The summed E-state index contributed by atoms with van der Waals surface area (Å²) in [5.74, 6) is 0.695. The largest absolute Gasteiger partial charge is 0.370 e. The Morgan fingerprint density at radius 3 is 2.85 bits per heavy atom. The Bertz CT molecular complexity index is 736. The second kappa shape index (κ2) is 5.92. The van der Waals surface area contributed by atoms with Gasteiger partial charge in [-0.3, -0.25) is 14.3 Å². The summed E-state index contributed by atoms with van der Waals surface area (Å²) in [6.07, 6.45) is 1.50. The fraction of sp³-hybridized carbons (Fsp3) is 0.308. The Morgan fingerprint density at radius 1 is 1.40 bits per heavy atom. The Balaban J connectivity index is 2.39. The number of hydrogen-bond acceptors (Lipinski definition) is 4. The topological polar surface area (TPSA) is 79.8 Å². The van der Waals surface area contributed by atoms with Gasteiger partial charge in [-0.15, -0.1) is 0 Å². The van der Waals surface area contributed by atoms with E-state index in [1.807, 2.05) is 6.92 Å². The zero-order chi connectivity index (χ0) is 14.7. The SMILES string of the molecule is CCNc1ccc(Cl)c(Cn2cc(C)c(=O)[nH]c2=O)n1. The second-order valence-corrected chi connectivity index (χ2v) is 4.76. The zero-order valence-corrected chi connectivity index (χ0v) is 12.0. The van der Waals surface area contributed by atoms with Gasteiger partial charge < -0.3 is 5.32 Å². The zero-order valence-electron chi connectivity index (χ0n) is 11.2. The van der Waals surface area contributed by atoms with E-state index in [1.54, 1.807) is 19.1 Å². The third kappa shape index (κ3) is 3.08. The minimum absolute atomic E-state index is 0.203. The van der Waals surface area contributed by atoms with E-state index in [0.29, 0.717) is 22.1 Å². The molecule has 0 saturated carbocycles. The first-order valence-electron chi connectivity index (χ1n) is 6.21. The molecule has 0 saturated heterocycles. The lowest BCUT2D eigenvalue weighted by Crippen LogP contribution is -2.31. The maximum Gasteiger partial charge on any atom is 0.328 e. The van der Waals surface area contributed by atoms with Crippen LogP contribution in [-0.2, 0) is 6.54 Å². The molecule has 0 radical (unpaired) electrons.